The van der Waals surface area contributed by atoms with Crippen molar-refractivity contribution in [3.8, 4) is 0 Å². The average molecular weight is 312 g/mol. The van der Waals surface area contributed by atoms with Gasteiger partial charge in [-0.25, -0.2) is 0 Å². The van der Waals surface area contributed by atoms with Crippen LogP contribution in [0.2, 0.25) is 0 Å². The predicted octanol–water partition coefficient (Wildman–Crippen LogP) is 1.81. The van der Waals surface area contributed by atoms with Crippen molar-refractivity contribution >= 4 is 27.5 Å². The Morgan fingerprint density at radius 3 is 2.83 bits per heavy atom. The SMILES string of the molecule is CN1CCCC(Nc2ccccc2Br)(C(N)=O)C1. The number of rotatable bonds is 3. The van der Waals surface area contributed by atoms with Crippen LogP contribution in [0.4, 0.5) is 5.69 Å². The molecule has 1 atom stereocenters. The molecular formula is C13H18BrN3O. The summed E-state index contributed by atoms with van der Waals surface area (Å²) in [4.78, 5) is 14.0. The first kappa shape index (κ1) is 13.4. The van der Waals surface area contributed by atoms with Crippen molar-refractivity contribution in [2.24, 2.45) is 5.73 Å². The number of primary amides is 1. The van der Waals surface area contributed by atoms with E-state index in [4.69, 9.17) is 5.73 Å². The fourth-order valence-electron chi connectivity index (χ4n) is 2.45. The van der Waals surface area contributed by atoms with Crippen LogP contribution in [0, 0.1) is 0 Å². The molecule has 1 aliphatic rings. The number of carbonyl (C=O) groups is 1. The highest BCUT2D eigenvalue weighted by Crippen LogP contribution is 2.29. The van der Waals surface area contributed by atoms with Crippen LogP contribution in [-0.2, 0) is 4.79 Å². The lowest BCUT2D eigenvalue weighted by Crippen LogP contribution is -2.59. The van der Waals surface area contributed by atoms with Crippen LogP contribution >= 0.6 is 15.9 Å². The minimum Gasteiger partial charge on any atom is -0.369 e. The Bertz CT molecular complexity index is 452. The van der Waals surface area contributed by atoms with Crippen molar-refractivity contribution in [3.63, 3.8) is 0 Å². The molecule has 5 heteroatoms. The highest BCUT2D eigenvalue weighted by Gasteiger charge is 2.40. The fraction of sp³-hybridized carbons (Fsp3) is 0.462. The third-order valence-electron chi connectivity index (χ3n) is 3.40. The zero-order valence-electron chi connectivity index (χ0n) is 10.4. The van der Waals surface area contributed by atoms with Crippen molar-refractivity contribution in [2.45, 2.75) is 18.4 Å². The second kappa shape index (κ2) is 5.28. The number of nitrogens with two attached hydrogens (primary N) is 1. The molecule has 98 valence electrons. The third kappa shape index (κ3) is 2.67. The molecule has 1 aromatic rings. The van der Waals surface area contributed by atoms with Crippen LogP contribution in [0.3, 0.4) is 0 Å². The van der Waals surface area contributed by atoms with Crippen LogP contribution in [0.5, 0.6) is 0 Å². The molecule has 1 heterocycles. The summed E-state index contributed by atoms with van der Waals surface area (Å²) in [5.74, 6) is -0.287. The van der Waals surface area contributed by atoms with E-state index in [0.717, 1.165) is 29.5 Å². The minimum absolute atomic E-state index is 0.287. The van der Waals surface area contributed by atoms with E-state index in [1.807, 2.05) is 31.3 Å². The highest BCUT2D eigenvalue weighted by atomic mass is 79.9. The fourth-order valence-corrected chi connectivity index (χ4v) is 2.84. The monoisotopic (exact) mass is 311 g/mol. The lowest BCUT2D eigenvalue weighted by Gasteiger charge is -2.40. The lowest BCUT2D eigenvalue weighted by molar-refractivity contribution is -0.123. The van der Waals surface area contributed by atoms with E-state index < -0.39 is 5.54 Å². The summed E-state index contributed by atoms with van der Waals surface area (Å²) >= 11 is 3.48. The molecule has 1 saturated heterocycles. The molecule has 3 N–H and O–H groups in total. The van der Waals surface area contributed by atoms with Gasteiger partial charge in [0.05, 0.1) is 0 Å². The number of hydrogen-bond acceptors (Lipinski definition) is 3. The average Bonchev–Trinajstić information content (AvgIpc) is 2.32. The topological polar surface area (TPSA) is 58.4 Å². The second-order valence-electron chi connectivity index (χ2n) is 4.89. The maximum Gasteiger partial charge on any atom is 0.244 e. The van der Waals surface area contributed by atoms with E-state index in [1.165, 1.54) is 0 Å². The number of para-hydroxylation sites is 1. The van der Waals surface area contributed by atoms with Crippen LogP contribution < -0.4 is 11.1 Å². The molecule has 2 rings (SSSR count). The first-order valence-electron chi connectivity index (χ1n) is 6.05. The maximum absolute atomic E-state index is 11.9. The summed E-state index contributed by atoms with van der Waals surface area (Å²) in [5.41, 5.74) is 5.86. The van der Waals surface area contributed by atoms with Gasteiger partial charge < -0.3 is 16.0 Å². The molecule has 1 aromatic carbocycles. The number of likely N-dealkylation sites (N-methyl/N-ethyl adjacent to an activating group) is 1. The van der Waals surface area contributed by atoms with E-state index in [-0.39, 0.29) is 5.91 Å². The number of halogens is 1. The van der Waals surface area contributed by atoms with Gasteiger partial charge in [-0.1, -0.05) is 12.1 Å². The van der Waals surface area contributed by atoms with E-state index in [1.54, 1.807) is 0 Å². The smallest absolute Gasteiger partial charge is 0.244 e. The molecule has 0 bridgehead atoms. The summed E-state index contributed by atoms with van der Waals surface area (Å²) in [6.45, 7) is 1.65. The van der Waals surface area contributed by atoms with Gasteiger partial charge in [0.15, 0.2) is 0 Å². The van der Waals surface area contributed by atoms with Gasteiger partial charge in [-0.05, 0) is 54.5 Å². The molecule has 0 radical (unpaired) electrons. The predicted molar refractivity (Wildman–Crippen MR) is 76.4 cm³/mol. The molecule has 1 fully saturated rings. The maximum atomic E-state index is 11.9. The van der Waals surface area contributed by atoms with E-state index in [9.17, 15) is 4.79 Å². The largest absolute Gasteiger partial charge is 0.369 e. The minimum atomic E-state index is -0.670. The molecule has 0 aromatic heterocycles. The van der Waals surface area contributed by atoms with Crippen LogP contribution in [0.1, 0.15) is 12.8 Å². The van der Waals surface area contributed by atoms with Gasteiger partial charge in [0, 0.05) is 16.7 Å². The van der Waals surface area contributed by atoms with Gasteiger partial charge in [0.2, 0.25) is 5.91 Å². The third-order valence-corrected chi connectivity index (χ3v) is 4.09. The number of anilines is 1. The summed E-state index contributed by atoms with van der Waals surface area (Å²) in [6.07, 6.45) is 1.74. The summed E-state index contributed by atoms with van der Waals surface area (Å²) in [7, 11) is 2.01. The van der Waals surface area contributed by atoms with E-state index in [0.29, 0.717) is 6.54 Å². The molecular weight excluding hydrogens is 294 g/mol. The van der Waals surface area contributed by atoms with Crippen LogP contribution in [-0.4, -0.2) is 36.5 Å². The lowest BCUT2D eigenvalue weighted by atomic mass is 9.88. The van der Waals surface area contributed by atoms with Crippen molar-refractivity contribution < 1.29 is 4.79 Å². The van der Waals surface area contributed by atoms with Crippen molar-refractivity contribution in [1.29, 1.82) is 0 Å². The Morgan fingerprint density at radius 1 is 1.50 bits per heavy atom. The molecule has 1 aliphatic heterocycles. The number of amides is 1. The van der Waals surface area contributed by atoms with Gasteiger partial charge in [0.25, 0.3) is 0 Å². The number of nitrogens with zero attached hydrogens (tertiary/aromatic N) is 1. The summed E-state index contributed by atoms with van der Waals surface area (Å²) in [6, 6.07) is 7.78. The number of nitrogens with one attached hydrogen (secondary N) is 1. The Hall–Kier alpha value is -1.07. The van der Waals surface area contributed by atoms with E-state index in [2.05, 4.69) is 26.1 Å². The quantitative estimate of drug-likeness (QED) is 0.895. The molecule has 0 spiro atoms. The van der Waals surface area contributed by atoms with Crippen molar-refractivity contribution in [3.05, 3.63) is 28.7 Å². The van der Waals surface area contributed by atoms with Crippen LogP contribution in [0.25, 0.3) is 0 Å². The normalized spacial score (nSPS) is 24.8. The Morgan fingerprint density at radius 2 is 2.22 bits per heavy atom. The first-order chi connectivity index (χ1) is 8.53. The molecule has 4 nitrogen and oxygen atoms in total. The van der Waals surface area contributed by atoms with Crippen molar-refractivity contribution in [2.75, 3.05) is 25.5 Å². The standard InChI is InChI=1S/C13H18BrN3O/c1-17-8-4-7-13(9-17,12(15)18)16-11-6-3-2-5-10(11)14/h2-3,5-6,16H,4,7-9H2,1H3,(H2,15,18). The first-order valence-corrected chi connectivity index (χ1v) is 6.84. The number of hydrogen-bond donors (Lipinski definition) is 2. The summed E-state index contributed by atoms with van der Waals surface area (Å²) < 4.78 is 0.943. The second-order valence-corrected chi connectivity index (χ2v) is 5.75. The Kier molecular flexibility index (Phi) is 3.92. The van der Waals surface area contributed by atoms with Gasteiger partial charge >= 0.3 is 0 Å². The number of piperidine rings is 1. The molecule has 1 unspecified atom stereocenters. The molecule has 0 saturated carbocycles. The molecule has 1 amide bonds. The number of likely N-dealkylation sites (tertiary alicyclic amines) is 1. The molecule has 0 aliphatic carbocycles. The zero-order valence-corrected chi connectivity index (χ0v) is 12.0. The van der Waals surface area contributed by atoms with E-state index >= 15 is 0 Å². The highest BCUT2D eigenvalue weighted by molar-refractivity contribution is 9.10. The van der Waals surface area contributed by atoms with Gasteiger partial charge in [-0.15, -0.1) is 0 Å². The van der Waals surface area contributed by atoms with Gasteiger partial charge in [-0.2, -0.15) is 0 Å². The molecule has 18 heavy (non-hydrogen) atoms. The number of benzene rings is 1. The zero-order chi connectivity index (χ0) is 13.2. The van der Waals surface area contributed by atoms with Gasteiger partial charge in [0.1, 0.15) is 5.54 Å². The van der Waals surface area contributed by atoms with Crippen molar-refractivity contribution in [1.82, 2.24) is 4.90 Å². The van der Waals surface area contributed by atoms with Crippen LogP contribution in [0.15, 0.2) is 28.7 Å². The Balaban J connectivity index is 2.26. The van der Waals surface area contributed by atoms with Gasteiger partial charge in [-0.3, -0.25) is 4.79 Å². The summed E-state index contributed by atoms with van der Waals surface area (Å²) in [5, 5.41) is 3.33. The number of carbonyl (C=O) groups excluding carboxylic acids is 1. The Labute approximate surface area is 116 Å².